The Bertz CT molecular complexity index is 475. The average Bonchev–Trinajstić information content (AvgIpc) is 2.27. The van der Waals surface area contributed by atoms with Crippen LogP contribution in [0, 0.1) is 6.92 Å². The molecule has 1 rings (SSSR count). The van der Waals surface area contributed by atoms with Crippen LogP contribution in [0.3, 0.4) is 0 Å². The van der Waals surface area contributed by atoms with Gasteiger partial charge in [-0.25, -0.2) is 13.0 Å². The topological polar surface area (TPSA) is 43.1 Å². The van der Waals surface area contributed by atoms with Crippen LogP contribution in [0.15, 0.2) is 18.2 Å². The first kappa shape index (κ1) is 16.2. The molecule has 0 aromatic heterocycles. The molecule has 108 valence electrons. The van der Waals surface area contributed by atoms with E-state index in [0.29, 0.717) is 12.0 Å². The molecule has 0 amide bonds. The van der Waals surface area contributed by atoms with Gasteiger partial charge >= 0.3 is 0 Å². The lowest BCUT2D eigenvalue weighted by Gasteiger charge is -2.26. The maximum atomic E-state index is 12.9. The minimum absolute atomic E-state index is 0.0289. The van der Waals surface area contributed by atoms with Crippen LogP contribution in [0.4, 0.5) is 8.78 Å². The summed E-state index contributed by atoms with van der Waals surface area (Å²) in [4.78, 5) is 0. The lowest BCUT2D eigenvalue weighted by Crippen LogP contribution is -2.33. The van der Waals surface area contributed by atoms with Gasteiger partial charge in [0.2, 0.25) is 0 Å². The summed E-state index contributed by atoms with van der Waals surface area (Å²) in [6.07, 6.45) is -1.88. The van der Waals surface area contributed by atoms with E-state index in [4.69, 9.17) is 5.14 Å². The third-order valence-corrected chi connectivity index (χ3v) is 4.78. The van der Waals surface area contributed by atoms with Gasteiger partial charge in [0.15, 0.2) is 0 Å². The lowest BCUT2D eigenvalue weighted by molar-refractivity contribution is 0.150. The highest BCUT2D eigenvalue weighted by atomic mass is 32.2. The lowest BCUT2D eigenvalue weighted by atomic mass is 9.87. The van der Waals surface area contributed by atoms with Crippen LogP contribution in [-0.2, 0) is 11.0 Å². The smallest absolute Gasteiger partial charge is 0.251 e. The molecular weight excluding hydrogens is 268 g/mol. The second kappa shape index (κ2) is 6.09. The van der Waals surface area contributed by atoms with Gasteiger partial charge in [0, 0.05) is 5.56 Å². The molecular formula is C14H21F2NOS. The van der Waals surface area contributed by atoms with Crippen LogP contribution >= 0.6 is 0 Å². The highest BCUT2D eigenvalue weighted by molar-refractivity contribution is 7.84. The van der Waals surface area contributed by atoms with E-state index in [1.54, 1.807) is 13.0 Å². The standard InChI is InChI=1S/C14H21F2NOS/c1-9(8-14(3,4)19(17)18)11-6-5-7-12(10(11)2)13(15)16/h5-7,9,13H,8,17H2,1-4H3/t9-,19?/m1/s1. The number of hydrogen-bond donors (Lipinski definition) is 1. The fraction of sp³-hybridized carbons (Fsp3) is 0.571. The number of hydrogen-bond acceptors (Lipinski definition) is 1. The van der Waals surface area contributed by atoms with Crippen molar-refractivity contribution in [1.29, 1.82) is 0 Å². The highest BCUT2D eigenvalue weighted by Gasteiger charge is 2.27. The molecule has 2 atom stereocenters. The normalized spacial score (nSPS) is 15.6. The molecule has 1 aromatic rings. The van der Waals surface area contributed by atoms with Crippen LogP contribution < -0.4 is 5.14 Å². The Morgan fingerprint density at radius 3 is 2.32 bits per heavy atom. The van der Waals surface area contributed by atoms with Crippen molar-refractivity contribution in [1.82, 2.24) is 0 Å². The zero-order valence-electron chi connectivity index (χ0n) is 11.7. The number of halogens is 2. The molecule has 0 bridgehead atoms. The predicted molar refractivity (Wildman–Crippen MR) is 75.6 cm³/mol. The van der Waals surface area contributed by atoms with E-state index >= 15 is 0 Å². The molecule has 0 saturated heterocycles. The molecule has 0 heterocycles. The Labute approximate surface area is 116 Å². The third-order valence-electron chi connectivity index (χ3n) is 3.53. The van der Waals surface area contributed by atoms with E-state index in [0.717, 1.165) is 5.56 Å². The number of alkyl halides is 2. The maximum absolute atomic E-state index is 12.9. The van der Waals surface area contributed by atoms with Crippen LogP contribution in [0.2, 0.25) is 0 Å². The Kier molecular flexibility index (Phi) is 5.21. The minimum Gasteiger partial charge on any atom is -0.251 e. The van der Waals surface area contributed by atoms with Gasteiger partial charge in [-0.1, -0.05) is 25.1 Å². The first-order chi connectivity index (χ1) is 8.66. The Hall–Kier alpha value is -0.810. The molecule has 0 aliphatic rings. The van der Waals surface area contributed by atoms with Crippen molar-refractivity contribution in [3.8, 4) is 0 Å². The van der Waals surface area contributed by atoms with Crippen molar-refractivity contribution in [3.63, 3.8) is 0 Å². The molecule has 0 aliphatic carbocycles. The van der Waals surface area contributed by atoms with Gasteiger partial charge in [-0.15, -0.1) is 0 Å². The molecule has 0 saturated carbocycles. The van der Waals surface area contributed by atoms with Crippen LogP contribution in [0.5, 0.6) is 0 Å². The fourth-order valence-electron chi connectivity index (χ4n) is 2.37. The Morgan fingerprint density at radius 1 is 1.32 bits per heavy atom. The van der Waals surface area contributed by atoms with Crippen molar-refractivity contribution in [3.05, 3.63) is 34.9 Å². The molecule has 2 N–H and O–H groups in total. The zero-order chi connectivity index (χ0) is 14.8. The molecule has 0 radical (unpaired) electrons. The van der Waals surface area contributed by atoms with Crippen molar-refractivity contribution >= 4 is 11.0 Å². The van der Waals surface area contributed by atoms with E-state index in [1.165, 1.54) is 6.07 Å². The molecule has 1 unspecified atom stereocenters. The molecule has 0 spiro atoms. The van der Waals surface area contributed by atoms with Gasteiger partial charge in [-0.3, -0.25) is 5.14 Å². The summed E-state index contributed by atoms with van der Waals surface area (Å²) >= 11 is 0. The van der Waals surface area contributed by atoms with Gasteiger partial charge in [-0.2, -0.15) is 0 Å². The zero-order valence-corrected chi connectivity index (χ0v) is 12.6. The Balaban J connectivity index is 3.04. The summed E-state index contributed by atoms with van der Waals surface area (Å²) < 4.78 is 36.7. The fourth-order valence-corrected chi connectivity index (χ4v) is 2.79. The monoisotopic (exact) mass is 289 g/mol. The number of rotatable bonds is 5. The molecule has 19 heavy (non-hydrogen) atoms. The van der Waals surface area contributed by atoms with Gasteiger partial charge in [0.1, 0.15) is 0 Å². The summed E-state index contributed by atoms with van der Waals surface area (Å²) in [5.41, 5.74) is 1.55. The summed E-state index contributed by atoms with van der Waals surface area (Å²) in [6, 6.07) is 4.94. The molecule has 1 aromatic carbocycles. The number of nitrogens with two attached hydrogens (primary N) is 1. The van der Waals surface area contributed by atoms with Gasteiger partial charge in [0.25, 0.3) is 6.43 Å². The van der Waals surface area contributed by atoms with E-state index in [-0.39, 0.29) is 11.5 Å². The minimum atomic E-state index is -2.47. The van der Waals surface area contributed by atoms with Gasteiger partial charge < -0.3 is 0 Å². The quantitative estimate of drug-likeness (QED) is 0.879. The van der Waals surface area contributed by atoms with Crippen molar-refractivity contribution < 1.29 is 13.0 Å². The molecule has 5 heteroatoms. The maximum Gasteiger partial charge on any atom is 0.264 e. The number of benzene rings is 1. The first-order valence-electron chi connectivity index (χ1n) is 6.20. The SMILES string of the molecule is Cc1c(C(F)F)cccc1[C@H](C)CC(C)(C)S(N)=O. The second-order valence-electron chi connectivity index (χ2n) is 5.52. The molecule has 0 aliphatic heterocycles. The van der Waals surface area contributed by atoms with Gasteiger partial charge in [0.05, 0.1) is 15.7 Å². The second-order valence-corrected chi connectivity index (χ2v) is 7.22. The van der Waals surface area contributed by atoms with Crippen LogP contribution in [-0.4, -0.2) is 8.96 Å². The van der Waals surface area contributed by atoms with Crippen molar-refractivity contribution in [2.45, 2.75) is 51.2 Å². The van der Waals surface area contributed by atoms with E-state index in [1.807, 2.05) is 26.8 Å². The van der Waals surface area contributed by atoms with E-state index < -0.39 is 22.2 Å². The largest absolute Gasteiger partial charge is 0.264 e. The van der Waals surface area contributed by atoms with E-state index in [2.05, 4.69) is 0 Å². The predicted octanol–water partition coefficient (Wildman–Crippen LogP) is 3.83. The highest BCUT2D eigenvalue weighted by Crippen LogP contribution is 2.33. The molecule has 0 fully saturated rings. The first-order valence-corrected chi connectivity index (χ1v) is 7.42. The van der Waals surface area contributed by atoms with Crippen molar-refractivity contribution in [2.24, 2.45) is 5.14 Å². The van der Waals surface area contributed by atoms with E-state index in [9.17, 15) is 13.0 Å². The summed E-state index contributed by atoms with van der Waals surface area (Å²) in [7, 11) is -1.44. The average molecular weight is 289 g/mol. The van der Waals surface area contributed by atoms with Crippen LogP contribution in [0.25, 0.3) is 0 Å². The van der Waals surface area contributed by atoms with Crippen LogP contribution in [0.1, 0.15) is 56.2 Å². The summed E-state index contributed by atoms with van der Waals surface area (Å²) in [6.45, 7) is 7.31. The van der Waals surface area contributed by atoms with Crippen molar-refractivity contribution in [2.75, 3.05) is 0 Å². The summed E-state index contributed by atoms with van der Waals surface area (Å²) in [5, 5.41) is 5.46. The third kappa shape index (κ3) is 3.83. The molecule has 2 nitrogen and oxygen atoms in total. The Morgan fingerprint density at radius 2 is 1.84 bits per heavy atom. The van der Waals surface area contributed by atoms with Gasteiger partial charge in [-0.05, 0) is 44.2 Å². The summed E-state index contributed by atoms with van der Waals surface area (Å²) in [5.74, 6) is 0.0289.